The minimum absolute atomic E-state index is 0.00381. The fourth-order valence-corrected chi connectivity index (χ4v) is 6.78. The molecule has 0 saturated carbocycles. The van der Waals surface area contributed by atoms with Crippen LogP contribution in [0, 0.1) is 0 Å². The van der Waals surface area contributed by atoms with Crippen molar-refractivity contribution in [3.05, 3.63) is 59.7 Å². The van der Waals surface area contributed by atoms with Gasteiger partial charge in [-0.1, -0.05) is 0 Å². The Bertz CT molecular complexity index is 953. The van der Waals surface area contributed by atoms with E-state index in [0.29, 0.717) is 52.9 Å². The number of ether oxygens (including phenoxy) is 5. The molecule has 2 unspecified atom stereocenters. The summed E-state index contributed by atoms with van der Waals surface area (Å²) >= 11 is -0.962. The fraction of sp³-hybridized carbons (Fsp3) is 0.517. The van der Waals surface area contributed by atoms with E-state index in [2.05, 4.69) is 43.3 Å². The molecule has 9 heteroatoms. The second kappa shape index (κ2) is 17.4. The van der Waals surface area contributed by atoms with Gasteiger partial charge in [0.25, 0.3) is 0 Å². The van der Waals surface area contributed by atoms with E-state index in [4.69, 9.17) is 28.8 Å². The van der Waals surface area contributed by atoms with Crippen LogP contribution in [0.15, 0.2) is 48.5 Å². The Kier molecular flexibility index (Phi) is 13.9. The molecule has 0 bridgehead atoms. The molecule has 1 aliphatic rings. The van der Waals surface area contributed by atoms with Crippen LogP contribution >= 0.6 is 0 Å². The molecular formula is C29H39AsO8. The summed E-state index contributed by atoms with van der Waals surface area (Å²) < 4.78 is 27.8. The molecule has 3 rings (SSSR count). The Hall–Kier alpha value is -2.22. The molecule has 0 fully saturated rings. The number of carbonyl (C=O) groups excluding carboxylic acids is 1. The monoisotopic (exact) mass is 590 g/mol. The number of hydrogen-bond donors (Lipinski definition) is 1. The standard InChI is InChI=1S/C29H39AsO8/c1-2-7-22(20-37-19-18-36-17-16-35-15-14-34-13-12-28(31)32)30-29(33)38-21-27-25-10-5-3-8-23(25)24-9-4-6-11-26(24)27/h3-6,8-11,22,27,30H,2,7,12-21H2,1H3,(H,31,32). The van der Waals surface area contributed by atoms with Gasteiger partial charge in [-0.05, 0) is 0 Å². The third kappa shape index (κ3) is 10.2. The average Bonchev–Trinajstić information content (AvgIpc) is 3.23. The molecule has 1 aliphatic carbocycles. The van der Waals surface area contributed by atoms with Crippen molar-refractivity contribution >= 4 is 26.5 Å². The Morgan fingerprint density at radius 3 is 1.89 bits per heavy atom. The molecule has 0 amide bonds. The van der Waals surface area contributed by atoms with Gasteiger partial charge >= 0.3 is 209 Å². The zero-order valence-corrected chi connectivity index (χ0v) is 24.2. The van der Waals surface area contributed by atoms with Crippen LogP contribution in [0.25, 0.3) is 11.1 Å². The van der Waals surface area contributed by atoms with E-state index in [1.54, 1.807) is 0 Å². The minimum atomic E-state index is -0.962. The Morgan fingerprint density at radius 1 is 0.816 bits per heavy atom. The molecule has 1 N–H and O–H groups in total. The molecule has 0 saturated heterocycles. The maximum atomic E-state index is 12.8. The summed E-state index contributed by atoms with van der Waals surface area (Å²) in [5, 5.41) is 8.53. The van der Waals surface area contributed by atoms with Crippen molar-refractivity contribution in [1.82, 2.24) is 0 Å². The molecule has 0 aliphatic heterocycles. The Morgan fingerprint density at radius 2 is 1.34 bits per heavy atom. The molecular weight excluding hydrogens is 551 g/mol. The van der Waals surface area contributed by atoms with Gasteiger partial charge in [0.2, 0.25) is 0 Å². The zero-order valence-electron chi connectivity index (χ0n) is 22.1. The molecule has 2 aromatic rings. The SMILES string of the molecule is CCCC(COCCOCCOCCOCCC(=O)O)[AsH]C(=O)OCC1c2ccccc2-c2ccccc21. The van der Waals surface area contributed by atoms with E-state index in [9.17, 15) is 9.59 Å². The number of aliphatic carboxylic acids is 1. The molecule has 2 atom stereocenters. The first-order valence-electron chi connectivity index (χ1n) is 13.2. The summed E-state index contributed by atoms with van der Waals surface area (Å²) in [4.78, 5) is 23.1. The number of carbonyl (C=O) groups is 2. The molecule has 208 valence electrons. The van der Waals surface area contributed by atoms with Crippen LogP contribution in [0.2, 0.25) is 4.71 Å². The van der Waals surface area contributed by atoms with Crippen molar-refractivity contribution in [2.45, 2.75) is 36.8 Å². The van der Waals surface area contributed by atoms with Crippen molar-refractivity contribution in [3.8, 4) is 11.1 Å². The van der Waals surface area contributed by atoms with Crippen molar-refractivity contribution < 1.29 is 38.4 Å². The van der Waals surface area contributed by atoms with Gasteiger partial charge in [-0.3, -0.25) is 4.79 Å². The van der Waals surface area contributed by atoms with Gasteiger partial charge in [-0.15, -0.1) is 0 Å². The van der Waals surface area contributed by atoms with Crippen LogP contribution in [-0.4, -0.2) is 91.0 Å². The van der Waals surface area contributed by atoms with Crippen molar-refractivity contribution in [2.24, 2.45) is 0 Å². The molecule has 38 heavy (non-hydrogen) atoms. The van der Waals surface area contributed by atoms with E-state index in [1.165, 1.54) is 22.3 Å². The first kappa shape index (κ1) is 30.3. The predicted molar refractivity (Wildman–Crippen MR) is 146 cm³/mol. The molecule has 2 aromatic carbocycles. The van der Waals surface area contributed by atoms with Gasteiger partial charge in [0.15, 0.2) is 0 Å². The zero-order chi connectivity index (χ0) is 27.0. The summed E-state index contributed by atoms with van der Waals surface area (Å²) in [5.74, 6) is -0.786. The number of fused-ring (bicyclic) bond motifs is 3. The van der Waals surface area contributed by atoms with Crippen LogP contribution in [0.5, 0.6) is 0 Å². The number of carboxylic acids is 1. The number of hydrogen-bond acceptors (Lipinski definition) is 7. The third-order valence-corrected chi connectivity index (χ3v) is 8.81. The predicted octanol–water partition coefficient (Wildman–Crippen LogP) is 4.50. The summed E-state index contributed by atoms with van der Waals surface area (Å²) in [5.41, 5.74) is 4.91. The molecule has 0 spiro atoms. The summed E-state index contributed by atoms with van der Waals surface area (Å²) in [6.45, 7) is 5.82. The topological polar surface area (TPSA) is 101 Å². The van der Waals surface area contributed by atoms with Crippen LogP contribution in [0.4, 0.5) is 4.79 Å². The van der Waals surface area contributed by atoms with Gasteiger partial charge in [0.1, 0.15) is 0 Å². The Balaban J connectivity index is 1.27. The van der Waals surface area contributed by atoms with Gasteiger partial charge in [-0.2, -0.15) is 0 Å². The first-order chi connectivity index (χ1) is 18.6. The fourth-order valence-electron chi connectivity index (χ4n) is 4.40. The quantitative estimate of drug-likeness (QED) is 0.178. The van der Waals surface area contributed by atoms with Gasteiger partial charge in [-0.25, -0.2) is 0 Å². The van der Waals surface area contributed by atoms with Crippen LogP contribution in [-0.2, 0) is 28.5 Å². The van der Waals surface area contributed by atoms with E-state index >= 15 is 0 Å². The van der Waals surface area contributed by atoms with Crippen molar-refractivity contribution in [3.63, 3.8) is 0 Å². The number of carboxylic acid groups (broad SMARTS) is 1. The van der Waals surface area contributed by atoms with Crippen LogP contribution < -0.4 is 0 Å². The van der Waals surface area contributed by atoms with Crippen LogP contribution in [0.1, 0.15) is 43.2 Å². The number of benzene rings is 2. The van der Waals surface area contributed by atoms with Crippen molar-refractivity contribution in [1.29, 1.82) is 0 Å². The second-order valence-electron chi connectivity index (χ2n) is 9.01. The molecule has 8 nitrogen and oxygen atoms in total. The van der Waals surface area contributed by atoms with E-state index in [-0.39, 0.29) is 28.4 Å². The summed E-state index contributed by atoms with van der Waals surface area (Å²) in [6.07, 6.45) is 1.95. The van der Waals surface area contributed by atoms with E-state index in [0.717, 1.165) is 12.8 Å². The van der Waals surface area contributed by atoms with Crippen molar-refractivity contribution in [2.75, 3.05) is 59.5 Å². The van der Waals surface area contributed by atoms with E-state index in [1.807, 2.05) is 12.1 Å². The maximum absolute atomic E-state index is 12.8. The molecule has 0 radical (unpaired) electrons. The Labute approximate surface area is 231 Å². The third-order valence-electron chi connectivity index (χ3n) is 6.20. The van der Waals surface area contributed by atoms with Gasteiger partial charge < -0.3 is 5.11 Å². The van der Waals surface area contributed by atoms with Crippen LogP contribution in [0.3, 0.4) is 0 Å². The van der Waals surface area contributed by atoms with Gasteiger partial charge in [0.05, 0.1) is 13.0 Å². The molecule has 0 heterocycles. The summed E-state index contributed by atoms with van der Waals surface area (Å²) in [7, 11) is 0. The second-order valence-corrected chi connectivity index (χ2v) is 12.2. The summed E-state index contributed by atoms with van der Waals surface area (Å²) in [6, 6.07) is 16.7. The van der Waals surface area contributed by atoms with E-state index < -0.39 is 21.7 Å². The average molecular weight is 591 g/mol. The molecule has 0 aromatic heterocycles. The normalized spacial score (nSPS) is 13.5. The number of rotatable bonds is 20. The first-order valence-corrected chi connectivity index (χ1v) is 15.5. The van der Waals surface area contributed by atoms with Gasteiger partial charge in [0, 0.05) is 0 Å².